The Balaban J connectivity index is 1.82. The lowest BCUT2D eigenvalue weighted by Crippen LogP contribution is -2.36. The molecule has 0 saturated carbocycles. The second kappa shape index (κ2) is 8.21. The van der Waals surface area contributed by atoms with Crippen LogP contribution >= 0.6 is 0 Å². The van der Waals surface area contributed by atoms with Crippen LogP contribution in [-0.4, -0.2) is 39.4 Å². The summed E-state index contributed by atoms with van der Waals surface area (Å²) >= 11 is 0. The highest BCUT2D eigenvalue weighted by Crippen LogP contribution is 2.07. The highest BCUT2D eigenvalue weighted by Gasteiger charge is 2.11. The van der Waals surface area contributed by atoms with Gasteiger partial charge in [0.25, 0.3) is 0 Å². The molecule has 0 aromatic carbocycles. The lowest BCUT2D eigenvalue weighted by atomic mass is 10.00. The Morgan fingerprint density at radius 1 is 1.50 bits per heavy atom. The lowest BCUT2D eigenvalue weighted by molar-refractivity contribution is 0.144. The maximum Gasteiger partial charge on any atom is 0.0477 e. The van der Waals surface area contributed by atoms with Crippen molar-refractivity contribution in [3.05, 3.63) is 0 Å². The second-order valence-corrected chi connectivity index (χ2v) is 3.97. The van der Waals surface area contributed by atoms with E-state index in [1.54, 1.807) is 0 Å². The fourth-order valence-corrected chi connectivity index (χ4v) is 1.85. The van der Waals surface area contributed by atoms with Crippen molar-refractivity contribution in [3.63, 3.8) is 0 Å². The van der Waals surface area contributed by atoms with E-state index < -0.39 is 0 Å². The summed E-state index contributed by atoms with van der Waals surface area (Å²) in [6.45, 7) is 8.44. The highest BCUT2D eigenvalue weighted by atomic mass is 16.5. The summed E-state index contributed by atoms with van der Waals surface area (Å²) in [5.74, 6) is 0.843. The van der Waals surface area contributed by atoms with Gasteiger partial charge in [0, 0.05) is 13.2 Å². The molecule has 0 radical (unpaired) electrons. The van der Waals surface area contributed by atoms with Gasteiger partial charge in [0.15, 0.2) is 0 Å². The second-order valence-electron chi connectivity index (χ2n) is 3.97. The number of nitrogens with one attached hydrogen (secondary N) is 2. The fraction of sp³-hybridized carbons (Fsp3) is 1.00. The van der Waals surface area contributed by atoms with Crippen molar-refractivity contribution < 1.29 is 4.74 Å². The zero-order valence-electron chi connectivity index (χ0n) is 9.35. The average molecular weight is 200 g/mol. The molecule has 1 aliphatic rings. The van der Waals surface area contributed by atoms with Gasteiger partial charge in [-0.1, -0.05) is 0 Å². The van der Waals surface area contributed by atoms with E-state index in [4.69, 9.17) is 4.74 Å². The lowest BCUT2D eigenvalue weighted by Gasteiger charge is -2.22. The summed E-state index contributed by atoms with van der Waals surface area (Å²) in [6.07, 6.45) is 3.85. The molecule has 0 aromatic rings. The van der Waals surface area contributed by atoms with Crippen molar-refractivity contribution in [3.8, 4) is 0 Å². The minimum atomic E-state index is 0.840. The van der Waals surface area contributed by atoms with Crippen molar-refractivity contribution >= 4 is 0 Å². The Morgan fingerprint density at radius 3 is 3.14 bits per heavy atom. The van der Waals surface area contributed by atoms with Crippen molar-refractivity contribution in [2.45, 2.75) is 26.2 Å². The van der Waals surface area contributed by atoms with Gasteiger partial charge < -0.3 is 15.4 Å². The van der Waals surface area contributed by atoms with Crippen molar-refractivity contribution in [1.29, 1.82) is 0 Å². The minimum absolute atomic E-state index is 0.840. The molecule has 0 bridgehead atoms. The van der Waals surface area contributed by atoms with Gasteiger partial charge in [0.2, 0.25) is 0 Å². The van der Waals surface area contributed by atoms with Crippen LogP contribution in [0.15, 0.2) is 0 Å². The van der Waals surface area contributed by atoms with Gasteiger partial charge in [-0.25, -0.2) is 0 Å². The zero-order chi connectivity index (χ0) is 10.1. The molecule has 3 nitrogen and oxygen atoms in total. The van der Waals surface area contributed by atoms with Crippen LogP contribution in [0.1, 0.15) is 26.2 Å². The molecule has 1 rings (SSSR count). The van der Waals surface area contributed by atoms with Crippen molar-refractivity contribution in [1.82, 2.24) is 10.6 Å². The molecule has 0 aliphatic carbocycles. The first-order valence-corrected chi connectivity index (χ1v) is 5.92. The molecule has 1 heterocycles. The Hall–Kier alpha value is -0.120. The Morgan fingerprint density at radius 2 is 2.43 bits per heavy atom. The van der Waals surface area contributed by atoms with E-state index in [1.165, 1.54) is 32.5 Å². The van der Waals surface area contributed by atoms with Gasteiger partial charge in [-0.2, -0.15) is 0 Å². The van der Waals surface area contributed by atoms with E-state index in [-0.39, 0.29) is 0 Å². The molecule has 2 N–H and O–H groups in total. The third-order valence-electron chi connectivity index (χ3n) is 2.68. The van der Waals surface area contributed by atoms with E-state index in [0.717, 1.165) is 32.1 Å². The van der Waals surface area contributed by atoms with E-state index >= 15 is 0 Å². The number of ether oxygens (including phenoxy) is 1. The van der Waals surface area contributed by atoms with Crippen LogP contribution in [0, 0.1) is 5.92 Å². The van der Waals surface area contributed by atoms with Gasteiger partial charge in [-0.15, -0.1) is 0 Å². The topological polar surface area (TPSA) is 33.3 Å². The monoisotopic (exact) mass is 200 g/mol. The summed E-state index contributed by atoms with van der Waals surface area (Å²) in [5.41, 5.74) is 0. The quantitative estimate of drug-likeness (QED) is 0.602. The van der Waals surface area contributed by atoms with Crippen molar-refractivity contribution in [2.24, 2.45) is 5.92 Å². The highest BCUT2D eigenvalue weighted by molar-refractivity contribution is 4.70. The zero-order valence-corrected chi connectivity index (χ0v) is 9.35. The van der Waals surface area contributed by atoms with E-state index in [2.05, 4.69) is 10.6 Å². The van der Waals surface area contributed by atoms with Crippen LogP contribution in [0.2, 0.25) is 0 Å². The molecular weight excluding hydrogens is 176 g/mol. The third-order valence-corrected chi connectivity index (χ3v) is 2.68. The van der Waals surface area contributed by atoms with Crippen LogP contribution in [0.3, 0.4) is 0 Å². The van der Waals surface area contributed by atoms with Crippen LogP contribution in [0.5, 0.6) is 0 Å². The minimum Gasteiger partial charge on any atom is -0.382 e. The molecule has 1 unspecified atom stereocenters. The standard InChI is InChI=1S/C11H24N2O/c1-2-14-8-4-7-13-10-11-5-3-6-12-9-11/h11-13H,2-10H2,1H3. The molecule has 0 spiro atoms. The average Bonchev–Trinajstić information content (AvgIpc) is 2.25. The Labute approximate surface area is 87.6 Å². The summed E-state index contributed by atoms with van der Waals surface area (Å²) in [6, 6.07) is 0. The van der Waals surface area contributed by atoms with Crippen LogP contribution in [0.4, 0.5) is 0 Å². The van der Waals surface area contributed by atoms with Gasteiger partial charge in [-0.05, 0) is 58.3 Å². The maximum atomic E-state index is 5.27. The fourth-order valence-electron chi connectivity index (χ4n) is 1.85. The number of hydrogen-bond acceptors (Lipinski definition) is 3. The van der Waals surface area contributed by atoms with Crippen LogP contribution in [-0.2, 0) is 4.74 Å². The normalized spacial score (nSPS) is 22.5. The summed E-state index contributed by atoms with van der Waals surface area (Å²) in [5, 5.41) is 6.93. The number of rotatable bonds is 7. The van der Waals surface area contributed by atoms with E-state index in [9.17, 15) is 0 Å². The summed E-state index contributed by atoms with van der Waals surface area (Å²) in [4.78, 5) is 0. The molecule has 14 heavy (non-hydrogen) atoms. The molecule has 0 amide bonds. The number of hydrogen-bond donors (Lipinski definition) is 2. The van der Waals surface area contributed by atoms with Crippen LogP contribution in [0.25, 0.3) is 0 Å². The van der Waals surface area contributed by atoms with Gasteiger partial charge in [0.1, 0.15) is 0 Å². The molecule has 1 fully saturated rings. The Kier molecular flexibility index (Phi) is 7.01. The van der Waals surface area contributed by atoms with E-state index in [0.29, 0.717) is 0 Å². The summed E-state index contributed by atoms with van der Waals surface area (Å²) < 4.78 is 5.27. The molecule has 0 aromatic heterocycles. The predicted molar refractivity (Wildman–Crippen MR) is 59.6 cm³/mol. The first-order valence-electron chi connectivity index (χ1n) is 5.92. The third kappa shape index (κ3) is 5.58. The molecular formula is C11H24N2O. The first-order chi connectivity index (χ1) is 6.93. The van der Waals surface area contributed by atoms with Gasteiger partial charge in [-0.3, -0.25) is 0 Å². The molecule has 1 saturated heterocycles. The van der Waals surface area contributed by atoms with Gasteiger partial charge >= 0.3 is 0 Å². The maximum absolute atomic E-state index is 5.27. The van der Waals surface area contributed by atoms with Crippen LogP contribution < -0.4 is 10.6 Å². The smallest absolute Gasteiger partial charge is 0.0477 e. The Bertz CT molecular complexity index is 124. The molecule has 1 atom stereocenters. The molecule has 3 heteroatoms. The number of piperidine rings is 1. The van der Waals surface area contributed by atoms with E-state index in [1.807, 2.05) is 6.92 Å². The van der Waals surface area contributed by atoms with Crippen molar-refractivity contribution in [2.75, 3.05) is 39.4 Å². The molecule has 1 aliphatic heterocycles. The largest absolute Gasteiger partial charge is 0.382 e. The molecule has 84 valence electrons. The van der Waals surface area contributed by atoms with Gasteiger partial charge in [0.05, 0.1) is 0 Å². The predicted octanol–water partition coefficient (Wildman–Crippen LogP) is 1.00. The first kappa shape index (κ1) is 12.0. The summed E-state index contributed by atoms with van der Waals surface area (Å²) in [7, 11) is 0. The SMILES string of the molecule is CCOCCCNCC1CCCNC1.